The number of rotatable bonds is 2. The van der Waals surface area contributed by atoms with Gasteiger partial charge in [0.25, 0.3) is 0 Å². The Morgan fingerprint density at radius 3 is 1.56 bits per heavy atom. The monoisotopic (exact) mass is 236 g/mol. The number of benzene rings is 2. The zero-order valence-corrected chi connectivity index (χ0v) is 13.0. The molecule has 76 valence electrons. The molecule has 0 saturated carbocycles. The van der Waals surface area contributed by atoms with Crippen LogP contribution in [-0.4, -0.2) is 0 Å². The standard InChI is InChI=1S/C14H14P.Na/c1-11-5-3-7-13(9-11)15-14-8-4-6-12(2)10-14;/h3-10H,1-2H3;/q-1;+1. The third kappa shape index (κ3) is 4.03. The summed E-state index contributed by atoms with van der Waals surface area (Å²) < 4.78 is 0. The van der Waals surface area contributed by atoms with Gasteiger partial charge in [0.05, 0.1) is 0 Å². The van der Waals surface area contributed by atoms with E-state index in [2.05, 4.69) is 62.4 Å². The van der Waals surface area contributed by atoms with Gasteiger partial charge in [-0.15, -0.1) is 0 Å². The van der Waals surface area contributed by atoms with Crippen molar-refractivity contribution in [1.29, 1.82) is 0 Å². The van der Waals surface area contributed by atoms with Crippen molar-refractivity contribution in [2.45, 2.75) is 13.8 Å². The predicted molar refractivity (Wildman–Crippen MR) is 68.5 cm³/mol. The minimum atomic E-state index is 0. The molecule has 2 heteroatoms. The van der Waals surface area contributed by atoms with Crippen molar-refractivity contribution in [2.24, 2.45) is 0 Å². The van der Waals surface area contributed by atoms with Crippen molar-refractivity contribution in [2.75, 3.05) is 0 Å². The van der Waals surface area contributed by atoms with Gasteiger partial charge in [-0.25, -0.2) is 0 Å². The van der Waals surface area contributed by atoms with Gasteiger partial charge < -0.3 is 8.58 Å². The molecule has 0 radical (unpaired) electrons. The van der Waals surface area contributed by atoms with Crippen LogP contribution in [0.25, 0.3) is 0 Å². The molecule has 0 aromatic heterocycles. The predicted octanol–water partition coefficient (Wildman–Crippen LogP) is 0.204. The Bertz CT molecular complexity index is 422. The topological polar surface area (TPSA) is 0 Å². The average Bonchev–Trinajstić information content (AvgIpc) is 2.17. The van der Waals surface area contributed by atoms with Gasteiger partial charge in [0, 0.05) is 0 Å². The summed E-state index contributed by atoms with van der Waals surface area (Å²) in [5.74, 6) is 0. The molecule has 2 aromatic rings. The first-order valence-electron chi connectivity index (χ1n) is 5.09. The molecule has 0 bridgehead atoms. The van der Waals surface area contributed by atoms with Crippen LogP contribution in [0.2, 0.25) is 0 Å². The summed E-state index contributed by atoms with van der Waals surface area (Å²) in [5.41, 5.74) is 2.65. The molecule has 2 rings (SSSR count). The summed E-state index contributed by atoms with van der Waals surface area (Å²) in [6.07, 6.45) is 0. The summed E-state index contributed by atoms with van der Waals surface area (Å²) in [6.45, 7) is 4.27. The zero-order chi connectivity index (χ0) is 10.7. The fourth-order valence-corrected chi connectivity index (χ4v) is 2.70. The van der Waals surface area contributed by atoms with E-state index in [0.29, 0.717) is 0 Å². The maximum Gasteiger partial charge on any atom is 1.00 e. The molecule has 0 fully saturated rings. The Labute approximate surface area is 122 Å². The summed E-state index contributed by atoms with van der Waals surface area (Å²) in [6, 6.07) is 17.3. The molecule has 0 unspecified atom stereocenters. The second-order valence-electron chi connectivity index (χ2n) is 3.79. The quantitative estimate of drug-likeness (QED) is 0.516. The van der Waals surface area contributed by atoms with Crippen LogP contribution in [0.4, 0.5) is 0 Å². The van der Waals surface area contributed by atoms with Gasteiger partial charge in [0.1, 0.15) is 0 Å². The second kappa shape index (κ2) is 6.57. The molecule has 0 aliphatic carbocycles. The molecule has 0 heterocycles. The van der Waals surface area contributed by atoms with Gasteiger partial charge in [-0.1, -0.05) is 59.7 Å². The van der Waals surface area contributed by atoms with Crippen LogP contribution in [0.1, 0.15) is 11.1 Å². The van der Waals surface area contributed by atoms with Crippen LogP contribution in [0, 0.1) is 13.8 Å². The Balaban J connectivity index is 0.00000128. The molecular formula is C14H14NaP. The van der Waals surface area contributed by atoms with Crippen LogP contribution in [0.15, 0.2) is 48.5 Å². The van der Waals surface area contributed by atoms with E-state index in [4.69, 9.17) is 0 Å². The van der Waals surface area contributed by atoms with Crippen LogP contribution in [0.3, 0.4) is 0 Å². The van der Waals surface area contributed by atoms with Crippen LogP contribution < -0.4 is 40.2 Å². The maximum atomic E-state index is 2.24. The van der Waals surface area contributed by atoms with Crippen LogP contribution in [0.5, 0.6) is 0 Å². The third-order valence-corrected chi connectivity index (χ3v) is 3.33. The van der Waals surface area contributed by atoms with Crippen LogP contribution in [-0.2, 0) is 0 Å². The Morgan fingerprint density at radius 1 is 0.750 bits per heavy atom. The molecule has 2 aromatic carbocycles. The first kappa shape index (κ1) is 13.9. The van der Waals surface area contributed by atoms with Crippen molar-refractivity contribution < 1.29 is 29.6 Å². The van der Waals surface area contributed by atoms with Gasteiger partial charge in [-0.05, 0) is 13.8 Å². The van der Waals surface area contributed by atoms with Gasteiger partial charge in [0.15, 0.2) is 0 Å². The van der Waals surface area contributed by atoms with Crippen molar-refractivity contribution in [3.63, 3.8) is 0 Å². The largest absolute Gasteiger partial charge is 1.00 e. The van der Waals surface area contributed by atoms with E-state index in [9.17, 15) is 0 Å². The van der Waals surface area contributed by atoms with E-state index < -0.39 is 0 Å². The van der Waals surface area contributed by atoms with Gasteiger partial charge in [-0.2, -0.15) is 10.6 Å². The van der Waals surface area contributed by atoms with Crippen molar-refractivity contribution >= 4 is 19.2 Å². The summed E-state index contributed by atoms with van der Waals surface area (Å²) >= 11 is 0. The number of aryl methyl sites for hydroxylation is 2. The first-order chi connectivity index (χ1) is 7.24. The van der Waals surface area contributed by atoms with Gasteiger partial charge in [-0.3, -0.25) is 0 Å². The molecule has 0 atom stereocenters. The minimum Gasteiger partial charge on any atom is -0.472 e. The van der Waals surface area contributed by atoms with E-state index in [1.807, 2.05) is 0 Å². The van der Waals surface area contributed by atoms with Crippen LogP contribution >= 0.6 is 8.58 Å². The summed E-state index contributed by atoms with van der Waals surface area (Å²) in [7, 11) is 1.29. The van der Waals surface area contributed by atoms with E-state index in [-0.39, 0.29) is 29.6 Å². The fourth-order valence-electron chi connectivity index (χ4n) is 1.54. The fraction of sp³-hybridized carbons (Fsp3) is 0.143. The summed E-state index contributed by atoms with van der Waals surface area (Å²) in [5, 5.41) is 2.72. The van der Waals surface area contributed by atoms with Gasteiger partial charge >= 0.3 is 29.6 Å². The smallest absolute Gasteiger partial charge is 0.472 e. The number of hydrogen-bond acceptors (Lipinski definition) is 0. The number of hydrogen-bond donors (Lipinski definition) is 0. The molecule has 0 nitrogen and oxygen atoms in total. The third-order valence-electron chi connectivity index (χ3n) is 2.26. The Kier molecular flexibility index (Phi) is 5.72. The van der Waals surface area contributed by atoms with E-state index in [1.165, 1.54) is 30.3 Å². The molecule has 16 heavy (non-hydrogen) atoms. The normalized spacial score (nSPS) is 9.62. The molecule has 0 aliphatic heterocycles. The Morgan fingerprint density at radius 2 is 1.19 bits per heavy atom. The Hall–Kier alpha value is -0.130. The average molecular weight is 236 g/mol. The van der Waals surface area contributed by atoms with Gasteiger partial charge in [0.2, 0.25) is 0 Å². The minimum absolute atomic E-state index is 0. The second-order valence-corrected chi connectivity index (χ2v) is 5.05. The zero-order valence-electron chi connectivity index (χ0n) is 10.1. The molecule has 0 spiro atoms. The molecule has 0 saturated heterocycles. The molecule has 0 N–H and O–H groups in total. The molecular weight excluding hydrogens is 222 g/mol. The summed E-state index contributed by atoms with van der Waals surface area (Å²) in [4.78, 5) is 0. The van der Waals surface area contributed by atoms with Crippen molar-refractivity contribution in [3.8, 4) is 0 Å². The van der Waals surface area contributed by atoms with Crippen molar-refractivity contribution in [1.82, 2.24) is 0 Å². The molecule has 0 amide bonds. The molecule has 0 aliphatic rings. The maximum absolute atomic E-state index is 2.24. The van der Waals surface area contributed by atoms with E-state index in [0.717, 1.165) is 0 Å². The first-order valence-corrected chi connectivity index (χ1v) is 5.98. The SMILES string of the molecule is Cc1cccc([P-]c2cccc(C)c2)c1.[Na+]. The van der Waals surface area contributed by atoms with E-state index >= 15 is 0 Å². The van der Waals surface area contributed by atoms with E-state index in [1.54, 1.807) is 0 Å². The van der Waals surface area contributed by atoms with Crippen molar-refractivity contribution in [3.05, 3.63) is 59.7 Å².